The van der Waals surface area contributed by atoms with E-state index in [0.717, 1.165) is 64.1 Å². The Morgan fingerprint density at radius 2 is 1.94 bits per heavy atom. The zero-order valence-electron chi connectivity index (χ0n) is 19.4. The SMILES string of the molecule is CCOC(=O)CCCCCCNC(=NC)NC1CCN(Cc2ccccc2)C(C)C1.I. The van der Waals surface area contributed by atoms with Gasteiger partial charge in [0.15, 0.2) is 5.96 Å². The molecule has 2 N–H and O–H groups in total. The number of nitrogens with one attached hydrogen (secondary N) is 2. The van der Waals surface area contributed by atoms with Crippen molar-refractivity contribution in [2.75, 3.05) is 26.7 Å². The molecule has 176 valence electrons. The molecule has 0 radical (unpaired) electrons. The van der Waals surface area contributed by atoms with Crippen LogP contribution in [0.1, 0.15) is 64.4 Å². The maximum Gasteiger partial charge on any atom is 0.305 e. The van der Waals surface area contributed by atoms with E-state index in [1.54, 1.807) is 0 Å². The van der Waals surface area contributed by atoms with Crippen molar-refractivity contribution in [1.82, 2.24) is 15.5 Å². The zero-order chi connectivity index (χ0) is 21.6. The van der Waals surface area contributed by atoms with Crippen molar-refractivity contribution in [3.63, 3.8) is 0 Å². The number of nitrogens with zero attached hydrogens (tertiary/aromatic N) is 2. The van der Waals surface area contributed by atoms with Gasteiger partial charge in [0.2, 0.25) is 0 Å². The molecule has 1 aromatic rings. The summed E-state index contributed by atoms with van der Waals surface area (Å²) in [7, 11) is 1.84. The first-order valence-corrected chi connectivity index (χ1v) is 11.5. The molecular formula is C24H41IN4O2. The third-order valence-corrected chi connectivity index (χ3v) is 5.71. The number of likely N-dealkylation sites (tertiary alicyclic amines) is 1. The number of halogens is 1. The summed E-state index contributed by atoms with van der Waals surface area (Å²) in [6, 6.07) is 11.7. The average Bonchev–Trinajstić information content (AvgIpc) is 2.75. The standard InChI is InChI=1S/C24H40N4O2.HI/c1-4-30-23(29)14-10-5-6-11-16-26-24(25-3)27-22-15-17-28(20(2)18-22)19-21-12-8-7-9-13-21;/h7-9,12-13,20,22H,4-6,10-11,14-19H2,1-3H3,(H2,25,26,27);1H. The molecule has 0 aliphatic carbocycles. The van der Waals surface area contributed by atoms with E-state index in [-0.39, 0.29) is 29.9 Å². The third-order valence-electron chi connectivity index (χ3n) is 5.71. The lowest BCUT2D eigenvalue weighted by molar-refractivity contribution is -0.143. The van der Waals surface area contributed by atoms with E-state index in [2.05, 4.69) is 57.8 Å². The summed E-state index contributed by atoms with van der Waals surface area (Å²) >= 11 is 0. The monoisotopic (exact) mass is 544 g/mol. The second-order valence-electron chi connectivity index (χ2n) is 8.14. The van der Waals surface area contributed by atoms with Crippen LogP contribution in [0, 0.1) is 0 Å². The van der Waals surface area contributed by atoms with Gasteiger partial charge in [-0.1, -0.05) is 43.2 Å². The van der Waals surface area contributed by atoms with E-state index in [1.807, 2.05) is 14.0 Å². The van der Waals surface area contributed by atoms with E-state index in [1.165, 1.54) is 5.56 Å². The normalized spacial score (nSPS) is 19.4. The summed E-state index contributed by atoms with van der Waals surface area (Å²) < 4.78 is 4.95. The summed E-state index contributed by atoms with van der Waals surface area (Å²) in [6.07, 6.45) is 6.95. The van der Waals surface area contributed by atoms with Gasteiger partial charge in [-0.3, -0.25) is 14.7 Å². The van der Waals surface area contributed by atoms with Gasteiger partial charge in [0.05, 0.1) is 6.61 Å². The minimum Gasteiger partial charge on any atom is -0.466 e. The highest BCUT2D eigenvalue weighted by Gasteiger charge is 2.25. The Hall–Kier alpha value is -1.35. The smallest absolute Gasteiger partial charge is 0.305 e. The molecule has 2 rings (SSSR count). The van der Waals surface area contributed by atoms with Crippen LogP contribution in [0.4, 0.5) is 0 Å². The van der Waals surface area contributed by atoms with Crippen molar-refractivity contribution in [1.29, 1.82) is 0 Å². The molecular weight excluding hydrogens is 503 g/mol. The van der Waals surface area contributed by atoms with Gasteiger partial charge in [-0.2, -0.15) is 0 Å². The van der Waals surface area contributed by atoms with Crippen LogP contribution in [0.3, 0.4) is 0 Å². The number of esters is 1. The lowest BCUT2D eigenvalue weighted by atomic mass is 9.97. The fourth-order valence-corrected chi connectivity index (χ4v) is 3.98. The Labute approximate surface area is 205 Å². The molecule has 0 aromatic heterocycles. The van der Waals surface area contributed by atoms with E-state index >= 15 is 0 Å². The van der Waals surface area contributed by atoms with E-state index in [9.17, 15) is 4.79 Å². The van der Waals surface area contributed by atoms with Gasteiger partial charge < -0.3 is 15.4 Å². The van der Waals surface area contributed by atoms with Crippen LogP contribution in [0.25, 0.3) is 0 Å². The second-order valence-corrected chi connectivity index (χ2v) is 8.14. The van der Waals surface area contributed by atoms with E-state index in [4.69, 9.17) is 4.74 Å². The number of guanidine groups is 1. The number of aliphatic imine (C=N–C) groups is 1. The molecule has 6 nitrogen and oxygen atoms in total. The van der Waals surface area contributed by atoms with Crippen molar-refractivity contribution in [3.05, 3.63) is 35.9 Å². The molecule has 1 aliphatic heterocycles. The molecule has 1 aromatic carbocycles. The van der Waals surface area contributed by atoms with Crippen LogP contribution in [-0.4, -0.2) is 55.7 Å². The van der Waals surface area contributed by atoms with Crippen molar-refractivity contribution >= 4 is 35.9 Å². The molecule has 2 unspecified atom stereocenters. The fourth-order valence-electron chi connectivity index (χ4n) is 3.98. The minimum atomic E-state index is -0.0794. The first-order valence-electron chi connectivity index (χ1n) is 11.5. The maximum absolute atomic E-state index is 11.3. The Morgan fingerprint density at radius 1 is 1.19 bits per heavy atom. The number of carbonyl (C=O) groups is 1. The molecule has 0 spiro atoms. The van der Waals surface area contributed by atoms with Gasteiger partial charge in [-0.05, 0) is 45.1 Å². The zero-order valence-corrected chi connectivity index (χ0v) is 21.8. The van der Waals surface area contributed by atoms with Crippen LogP contribution in [0.15, 0.2) is 35.3 Å². The lowest BCUT2D eigenvalue weighted by Crippen LogP contribution is -2.51. The second kappa shape index (κ2) is 16.3. The summed E-state index contributed by atoms with van der Waals surface area (Å²) in [5.74, 6) is 0.819. The highest BCUT2D eigenvalue weighted by atomic mass is 127. The first-order chi connectivity index (χ1) is 14.6. The first kappa shape index (κ1) is 27.7. The third kappa shape index (κ3) is 11.2. The highest BCUT2D eigenvalue weighted by molar-refractivity contribution is 14.0. The number of benzene rings is 1. The van der Waals surface area contributed by atoms with Crippen molar-refractivity contribution in [2.45, 2.75) is 77.4 Å². The predicted molar refractivity (Wildman–Crippen MR) is 139 cm³/mol. The van der Waals surface area contributed by atoms with E-state index < -0.39 is 0 Å². The summed E-state index contributed by atoms with van der Waals surface area (Å²) in [5.41, 5.74) is 1.38. The van der Waals surface area contributed by atoms with Gasteiger partial charge in [-0.15, -0.1) is 24.0 Å². The number of unbranched alkanes of at least 4 members (excludes halogenated alkanes) is 3. The van der Waals surface area contributed by atoms with Crippen molar-refractivity contribution in [3.8, 4) is 0 Å². The van der Waals surface area contributed by atoms with Gasteiger partial charge >= 0.3 is 5.97 Å². The Bertz CT molecular complexity index is 642. The number of hydrogen-bond donors (Lipinski definition) is 2. The maximum atomic E-state index is 11.3. The summed E-state index contributed by atoms with van der Waals surface area (Å²) in [4.78, 5) is 18.3. The minimum absolute atomic E-state index is 0. The highest BCUT2D eigenvalue weighted by Crippen LogP contribution is 2.19. The van der Waals surface area contributed by atoms with Crippen LogP contribution in [-0.2, 0) is 16.1 Å². The van der Waals surface area contributed by atoms with Crippen molar-refractivity contribution in [2.24, 2.45) is 4.99 Å². The molecule has 7 heteroatoms. The predicted octanol–water partition coefficient (Wildman–Crippen LogP) is 4.34. The van der Waals surface area contributed by atoms with Crippen molar-refractivity contribution < 1.29 is 9.53 Å². The van der Waals surface area contributed by atoms with Crippen LogP contribution >= 0.6 is 24.0 Å². The molecule has 0 amide bonds. The Balaban J connectivity index is 0.00000480. The number of piperidine rings is 1. The lowest BCUT2D eigenvalue weighted by Gasteiger charge is -2.38. The number of rotatable bonds is 11. The average molecular weight is 545 g/mol. The van der Waals surface area contributed by atoms with Gasteiger partial charge in [0, 0.05) is 45.2 Å². The van der Waals surface area contributed by atoms with E-state index in [0.29, 0.717) is 25.1 Å². The number of carbonyl (C=O) groups excluding carboxylic acids is 1. The molecule has 1 aliphatic rings. The topological polar surface area (TPSA) is 66.0 Å². The largest absolute Gasteiger partial charge is 0.466 e. The number of ether oxygens (including phenoxy) is 1. The van der Waals surface area contributed by atoms with Gasteiger partial charge in [0.25, 0.3) is 0 Å². The summed E-state index contributed by atoms with van der Waals surface area (Å²) in [6.45, 7) is 7.67. The molecule has 0 saturated carbocycles. The molecule has 1 saturated heterocycles. The van der Waals surface area contributed by atoms with Gasteiger partial charge in [0.1, 0.15) is 0 Å². The van der Waals surface area contributed by atoms with Crippen LogP contribution in [0.2, 0.25) is 0 Å². The Kier molecular flexibility index (Phi) is 14.6. The quantitative estimate of drug-likeness (QED) is 0.143. The molecule has 1 heterocycles. The number of hydrogen-bond acceptors (Lipinski definition) is 4. The van der Waals surface area contributed by atoms with Crippen LogP contribution in [0.5, 0.6) is 0 Å². The molecule has 1 fully saturated rings. The molecule has 2 atom stereocenters. The summed E-state index contributed by atoms with van der Waals surface area (Å²) in [5, 5.41) is 7.04. The van der Waals surface area contributed by atoms with Gasteiger partial charge in [-0.25, -0.2) is 0 Å². The molecule has 31 heavy (non-hydrogen) atoms. The fraction of sp³-hybridized carbons (Fsp3) is 0.667. The molecule has 0 bridgehead atoms. The Morgan fingerprint density at radius 3 is 2.61 bits per heavy atom. The van der Waals surface area contributed by atoms with Crippen LogP contribution < -0.4 is 10.6 Å².